The first-order valence-corrected chi connectivity index (χ1v) is 5.05. The molecule has 0 aliphatic heterocycles. The lowest BCUT2D eigenvalue weighted by Crippen LogP contribution is -2.40. The van der Waals surface area contributed by atoms with Crippen LogP contribution in [0.25, 0.3) is 0 Å². The van der Waals surface area contributed by atoms with E-state index in [2.05, 4.69) is 12.6 Å². The van der Waals surface area contributed by atoms with E-state index in [1.54, 1.807) is 0 Å². The van der Waals surface area contributed by atoms with Crippen molar-refractivity contribution in [2.75, 3.05) is 0 Å². The van der Waals surface area contributed by atoms with Gasteiger partial charge in [-0.2, -0.15) is 12.6 Å². The van der Waals surface area contributed by atoms with E-state index in [0.29, 0.717) is 12.8 Å². The first kappa shape index (κ1) is 10.8. The zero-order chi connectivity index (χ0) is 10.2. The standard InChI is InChI=1S/C10H16O2S/c1-6-4-9(12)7(5-8(6)11)10(2,3)13/h6-7,13H,4-5H2,1-3H3. The minimum absolute atomic E-state index is 0.0839. The molecule has 0 saturated heterocycles. The third kappa shape index (κ3) is 2.33. The predicted molar refractivity (Wildman–Crippen MR) is 55.0 cm³/mol. The van der Waals surface area contributed by atoms with Crippen LogP contribution in [0.5, 0.6) is 0 Å². The van der Waals surface area contributed by atoms with Crippen molar-refractivity contribution < 1.29 is 9.59 Å². The fourth-order valence-electron chi connectivity index (χ4n) is 1.72. The van der Waals surface area contributed by atoms with Crippen molar-refractivity contribution in [2.45, 2.75) is 38.4 Å². The van der Waals surface area contributed by atoms with Crippen molar-refractivity contribution in [2.24, 2.45) is 11.8 Å². The van der Waals surface area contributed by atoms with Gasteiger partial charge >= 0.3 is 0 Å². The molecular weight excluding hydrogens is 184 g/mol. The molecule has 0 aromatic rings. The van der Waals surface area contributed by atoms with Crippen molar-refractivity contribution in [1.82, 2.24) is 0 Å². The zero-order valence-corrected chi connectivity index (χ0v) is 9.23. The second kappa shape index (κ2) is 3.45. The van der Waals surface area contributed by atoms with Gasteiger partial charge in [0.2, 0.25) is 0 Å². The summed E-state index contributed by atoms with van der Waals surface area (Å²) < 4.78 is -0.368. The maximum absolute atomic E-state index is 11.6. The lowest BCUT2D eigenvalue weighted by molar-refractivity contribution is -0.137. The third-order valence-corrected chi connectivity index (χ3v) is 3.02. The normalized spacial score (nSPS) is 30.8. The Kier molecular flexibility index (Phi) is 2.85. The fraction of sp³-hybridized carbons (Fsp3) is 0.800. The Morgan fingerprint density at radius 2 is 1.77 bits per heavy atom. The molecule has 74 valence electrons. The van der Waals surface area contributed by atoms with Gasteiger partial charge in [-0.05, 0) is 0 Å². The van der Waals surface area contributed by atoms with Crippen LogP contribution in [-0.4, -0.2) is 16.3 Å². The van der Waals surface area contributed by atoms with Gasteiger partial charge in [0, 0.05) is 29.4 Å². The summed E-state index contributed by atoms with van der Waals surface area (Å²) in [5.41, 5.74) is 0. The molecule has 0 aromatic heterocycles. The van der Waals surface area contributed by atoms with Crippen molar-refractivity contribution in [3.8, 4) is 0 Å². The van der Waals surface area contributed by atoms with Crippen LogP contribution >= 0.6 is 12.6 Å². The molecule has 3 heteroatoms. The van der Waals surface area contributed by atoms with Gasteiger partial charge in [0.15, 0.2) is 0 Å². The molecule has 2 nitrogen and oxygen atoms in total. The molecule has 0 aromatic carbocycles. The topological polar surface area (TPSA) is 34.1 Å². The van der Waals surface area contributed by atoms with Crippen LogP contribution in [0.4, 0.5) is 0 Å². The summed E-state index contributed by atoms with van der Waals surface area (Å²) in [5.74, 6) is 0.109. The maximum atomic E-state index is 11.6. The van der Waals surface area contributed by atoms with Crippen LogP contribution in [0.3, 0.4) is 0 Å². The lowest BCUT2D eigenvalue weighted by atomic mass is 9.75. The highest BCUT2D eigenvalue weighted by molar-refractivity contribution is 7.81. The summed E-state index contributed by atoms with van der Waals surface area (Å²) in [6.45, 7) is 5.60. The Hall–Kier alpha value is -0.310. The molecule has 1 rings (SSSR count). The number of carbonyl (C=O) groups is 2. The molecule has 1 aliphatic carbocycles. The molecule has 1 saturated carbocycles. The monoisotopic (exact) mass is 200 g/mol. The lowest BCUT2D eigenvalue weighted by Gasteiger charge is -2.32. The van der Waals surface area contributed by atoms with Crippen LogP contribution in [-0.2, 0) is 9.59 Å². The Labute approximate surface area is 84.5 Å². The number of thiol groups is 1. The number of Topliss-reactive ketones (excluding diaryl/α,β-unsaturated/α-hetero) is 2. The molecule has 0 N–H and O–H groups in total. The number of carbonyl (C=O) groups excluding carboxylic acids is 2. The fourth-order valence-corrected chi connectivity index (χ4v) is 1.95. The van der Waals surface area contributed by atoms with Gasteiger partial charge < -0.3 is 0 Å². The van der Waals surface area contributed by atoms with Gasteiger partial charge in [-0.15, -0.1) is 0 Å². The molecule has 0 spiro atoms. The molecule has 1 fully saturated rings. The van der Waals surface area contributed by atoms with Crippen molar-refractivity contribution >= 4 is 24.2 Å². The SMILES string of the molecule is CC1CC(=O)C(C(C)(C)S)CC1=O. The molecule has 0 radical (unpaired) electrons. The minimum atomic E-state index is -0.368. The van der Waals surface area contributed by atoms with Crippen LogP contribution in [0.1, 0.15) is 33.6 Å². The van der Waals surface area contributed by atoms with Gasteiger partial charge in [-0.3, -0.25) is 9.59 Å². The maximum Gasteiger partial charge on any atom is 0.138 e. The van der Waals surface area contributed by atoms with Crippen molar-refractivity contribution in [3.05, 3.63) is 0 Å². The van der Waals surface area contributed by atoms with Gasteiger partial charge in [0.05, 0.1) is 0 Å². The van der Waals surface area contributed by atoms with E-state index in [1.807, 2.05) is 20.8 Å². The van der Waals surface area contributed by atoms with Crippen LogP contribution in [0.15, 0.2) is 0 Å². The first-order valence-electron chi connectivity index (χ1n) is 4.60. The van der Waals surface area contributed by atoms with Gasteiger partial charge in [0.25, 0.3) is 0 Å². The van der Waals surface area contributed by atoms with E-state index < -0.39 is 0 Å². The predicted octanol–water partition coefficient (Wildman–Crippen LogP) is 1.88. The zero-order valence-electron chi connectivity index (χ0n) is 8.33. The number of hydrogen-bond donors (Lipinski definition) is 1. The molecule has 1 aliphatic rings. The highest BCUT2D eigenvalue weighted by Gasteiger charge is 2.39. The van der Waals surface area contributed by atoms with Crippen LogP contribution < -0.4 is 0 Å². The Balaban J connectivity index is 2.79. The Bertz CT molecular complexity index is 240. The first-order chi connectivity index (χ1) is 5.82. The smallest absolute Gasteiger partial charge is 0.138 e. The number of rotatable bonds is 1. The van der Waals surface area contributed by atoms with E-state index in [9.17, 15) is 9.59 Å². The molecular formula is C10H16O2S. The Morgan fingerprint density at radius 3 is 2.23 bits per heavy atom. The van der Waals surface area contributed by atoms with Gasteiger partial charge in [-0.1, -0.05) is 20.8 Å². The largest absolute Gasteiger partial charge is 0.299 e. The average Bonchev–Trinajstić information content (AvgIpc) is 1.94. The van der Waals surface area contributed by atoms with E-state index in [1.165, 1.54) is 0 Å². The third-order valence-electron chi connectivity index (χ3n) is 2.70. The van der Waals surface area contributed by atoms with E-state index >= 15 is 0 Å². The molecule has 2 atom stereocenters. The highest BCUT2D eigenvalue weighted by Crippen LogP contribution is 2.34. The van der Waals surface area contributed by atoms with E-state index in [4.69, 9.17) is 0 Å². The van der Waals surface area contributed by atoms with Crippen molar-refractivity contribution in [1.29, 1.82) is 0 Å². The number of ketones is 2. The van der Waals surface area contributed by atoms with Gasteiger partial charge in [-0.25, -0.2) is 0 Å². The van der Waals surface area contributed by atoms with Crippen molar-refractivity contribution in [3.63, 3.8) is 0 Å². The summed E-state index contributed by atoms with van der Waals surface area (Å²) in [5, 5.41) is 0. The van der Waals surface area contributed by atoms with Gasteiger partial charge in [0.1, 0.15) is 11.6 Å². The highest BCUT2D eigenvalue weighted by atomic mass is 32.1. The van der Waals surface area contributed by atoms with E-state index in [-0.39, 0.29) is 28.1 Å². The summed E-state index contributed by atoms with van der Waals surface area (Å²) in [7, 11) is 0. The van der Waals surface area contributed by atoms with Crippen LogP contribution in [0.2, 0.25) is 0 Å². The summed E-state index contributed by atoms with van der Waals surface area (Å²) in [4.78, 5) is 23.0. The van der Waals surface area contributed by atoms with Crippen LogP contribution in [0, 0.1) is 11.8 Å². The van der Waals surface area contributed by atoms with E-state index in [0.717, 1.165) is 0 Å². The molecule has 0 bridgehead atoms. The quantitative estimate of drug-likeness (QED) is 0.656. The molecule has 0 heterocycles. The Morgan fingerprint density at radius 1 is 1.23 bits per heavy atom. The summed E-state index contributed by atoms with van der Waals surface area (Å²) in [6.07, 6.45) is 0.768. The second-order valence-corrected chi connectivity index (χ2v) is 5.60. The number of hydrogen-bond acceptors (Lipinski definition) is 3. The molecule has 2 unspecified atom stereocenters. The second-order valence-electron chi connectivity index (χ2n) is 4.45. The average molecular weight is 200 g/mol. The molecule has 0 amide bonds. The summed E-state index contributed by atoms with van der Waals surface area (Å²) >= 11 is 4.35. The summed E-state index contributed by atoms with van der Waals surface area (Å²) in [6, 6.07) is 0. The minimum Gasteiger partial charge on any atom is -0.299 e. The molecule has 13 heavy (non-hydrogen) atoms.